The smallest absolute Gasteiger partial charge is 0.226 e. The summed E-state index contributed by atoms with van der Waals surface area (Å²) in [6, 6.07) is 0.576. The molecule has 1 aliphatic carbocycles. The van der Waals surface area contributed by atoms with Crippen molar-refractivity contribution in [2.75, 3.05) is 13.1 Å². The summed E-state index contributed by atoms with van der Waals surface area (Å²) in [5.74, 6) is 2.19. The zero-order chi connectivity index (χ0) is 14.4. The minimum atomic E-state index is 0.576. The van der Waals surface area contributed by atoms with Crippen LogP contribution in [-0.4, -0.2) is 34.2 Å². The average molecular weight is 280 g/mol. The zero-order valence-corrected chi connectivity index (χ0v) is 12.8. The van der Waals surface area contributed by atoms with Crippen LogP contribution in [-0.2, 0) is 13.0 Å². The highest BCUT2D eigenvalue weighted by Crippen LogP contribution is 2.28. The summed E-state index contributed by atoms with van der Waals surface area (Å²) in [6.07, 6.45) is 7.04. The van der Waals surface area contributed by atoms with Gasteiger partial charge in [-0.2, -0.15) is 4.98 Å². The maximum Gasteiger partial charge on any atom is 0.226 e. The molecule has 0 aliphatic heterocycles. The van der Waals surface area contributed by atoms with Gasteiger partial charge in [0.25, 0.3) is 0 Å². The molecule has 2 unspecified atom stereocenters. The second kappa shape index (κ2) is 7.74. The largest absolute Gasteiger partial charge is 0.339 e. The Morgan fingerprint density at radius 3 is 2.80 bits per heavy atom. The van der Waals surface area contributed by atoms with E-state index < -0.39 is 0 Å². The van der Waals surface area contributed by atoms with Gasteiger partial charge in [0.2, 0.25) is 5.89 Å². The third kappa shape index (κ3) is 3.79. The van der Waals surface area contributed by atoms with E-state index in [2.05, 4.69) is 28.9 Å². The Morgan fingerprint density at radius 1 is 1.30 bits per heavy atom. The lowest BCUT2D eigenvalue weighted by atomic mass is 9.83. The van der Waals surface area contributed by atoms with Gasteiger partial charge >= 0.3 is 0 Å². The van der Waals surface area contributed by atoms with Crippen LogP contribution >= 0.6 is 0 Å². The molecule has 0 amide bonds. The lowest BCUT2D eigenvalue weighted by Crippen LogP contribution is -2.44. The minimum absolute atomic E-state index is 0.576. The predicted molar refractivity (Wildman–Crippen MR) is 79.2 cm³/mol. The van der Waals surface area contributed by atoms with E-state index in [1.807, 2.05) is 0 Å². The van der Waals surface area contributed by atoms with Crippen LogP contribution in [0.2, 0.25) is 0 Å². The molecule has 0 bridgehead atoms. The van der Waals surface area contributed by atoms with E-state index in [-0.39, 0.29) is 0 Å². The van der Waals surface area contributed by atoms with E-state index in [1.54, 1.807) is 0 Å². The first-order valence-electron chi connectivity index (χ1n) is 8.04. The third-order valence-electron chi connectivity index (χ3n) is 4.37. The molecule has 2 atom stereocenters. The van der Waals surface area contributed by atoms with Crippen molar-refractivity contribution in [3.8, 4) is 0 Å². The molecule has 0 spiro atoms. The van der Waals surface area contributed by atoms with Gasteiger partial charge in [-0.25, -0.2) is 0 Å². The van der Waals surface area contributed by atoms with Crippen molar-refractivity contribution in [1.29, 1.82) is 0 Å². The fraction of sp³-hybridized carbons (Fsp3) is 0.867. The standard InChI is InChI=1S/C15H28N4O/c1-3-7-15-17-14(18-20-15)11-19(4-2)13-9-6-5-8-12(13)10-16/h12-13H,3-11,16H2,1-2H3. The first kappa shape index (κ1) is 15.4. The number of aryl methyl sites for hydroxylation is 1. The summed E-state index contributed by atoms with van der Waals surface area (Å²) in [4.78, 5) is 6.95. The number of hydrogen-bond acceptors (Lipinski definition) is 5. The number of nitrogens with two attached hydrogens (primary N) is 1. The fourth-order valence-electron chi connectivity index (χ4n) is 3.26. The van der Waals surface area contributed by atoms with Crippen LogP contribution in [0, 0.1) is 5.92 Å². The molecule has 0 saturated heterocycles. The molecule has 1 aliphatic rings. The summed E-state index contributed by atoms with van der Waals surface area (Å²) >= 11 is 0. The molecule has 1 fully saturated rings. The molecule has 1 saturated carbocycles. The maximum atomic E-state index is 5.95. The van der Waals surface area contributed by atoms with Crippen molar-refractivity contribution in [3.05, 3.63) is 11.7 Å². The third-order valence-corrected chi connectivity index (χ3v) is 4.37. The second-order valence-electron chi connectivity index (χ2n) is 5.77. The molecule has 0 radical (unpaired) electrons. The van der Waals surface area contributed by atoms with Gasteiger partial charge in [0, 0.05) is 12.5 Å². The van der Waals surface area contributed by atoms with E-state index in [0.29, 0.717) is 12.0 Å². The first-order chi connectivity index (χ1) is 9.78. The molecular weight excluding hydrogens is 252 g/mol. The Morgan fingerprint density at radius 2 is 2.10 bits per heavy atom. The average Bonchev–Trinajstić information content (AvgIpc) is 2.92. The van der Waals surface area contributed by atoms with Crippen LogP contribution in [0.3, 0.4) is 0 Å². The Kier molecular flexibility index (Phi) is 5.98. The highest BCUT2D eigenvalue weighted by molar-refractivity contribution is 4.90. The zero-order valence-electron chi connectivity index (χ0n) is 12.8. The number of hydrogen-bond donors (Lipinski definition) is 1. The quantitative estimate of drug-likeness (QED) is 0.830. The van der Waals surface area contributed by atoms with E-state index >= 15 is 0 Å². The van der Waals surface area contributed by atoms with Crippen LogP contribution in [0.5, 0.6) is 0 Å². The molecule has 0 aromatic carbocycles. The lowest BCUT2D eigenvalue weighted by molar-refractivity contribution is 0.102. The van der Waals surface area contributed by atoms with E-state index in [1.165, 1.54) is 25.7 Å². The van der Waals surface area contributed by atoms with Crippen molar-refractivity contribution < 1.29 is 4.52 Å². The van der Waals surface area contributed by atoms with Crippen LogP contribution in [0.15, 0.2) is 4.52 Å². The van der Waals surface area contributed by atoms with Gasteiger partial charge < -0.3 is 10.3 Å². The van der Waals surface area contributed by atoms with Gasteiger partial charge in [-0.3, -0.25) is 4.90 Å². The predicted octanol–water partition coefficient (Wildman–Crippen LogP) is 2.36. The van der Waals surface area contributed by atoms with Crippen molar-refractivity contribution >= 4 is 0 Å². The number of nitrogens with zero attached hydrogens (tertiary/aromatic N) is 3. The molecule has 114 valence electrons. The molecule has 5 nitrogen and oxygen atoms in total. The summed E-state index contributed by atoms with van der Waals surface area (Å²) in [5, 5.41) is 4.11. The van der Waals surface area contributed by atoms with Gasteiger partial charge in [0.05, 0.1) is 6.54 Å². The van der Waals surface area contributed by atoms with Gasteiger partial charge in [0.1, 0.15) is 0 Å². The molecular formula is C15H28N4O. The Balaban J connectivity index is 1.99. The van der Waals surface area contributed by atoms with Crippen molar-refractivity contribution in [2.45, 2.75) is 65.0 Å². The molecule has 1 heterocycles. The van der Waals surface area contributed by atoms with E-state index in [9.17, 15) is 0 Å². The summed E-state index contributed by atoms with van der Waals surface area (Å²) in [7, 11) is 0. The molecule has 1 aromatic heterocycles. The van der Waals surface area contributed by atoms with Gasteiger partial charge in [-0.05, 0) is 38.3 Å². The van der Waals surface area contributed by atoms with Crippen molar-refractivity contribution in [2.24, 2.45) is 11.7 Å². The minimum Gasteiger partial charge on any atom is -0.339 e. The Hall–Kier alpha value is -0.940. The van der Waals surface area contributed by atoms with Gasteiger partial charge in [-0.15, -0.1) is 0 Å². The molecule has 2 rings (SSSR count). The number of aromatic nitrogens is 2. The second-order valence-corrected chi connectivity index (χ2v) is 5.77. The van der Waals surface area contributed by atoms with Crippen molar-refractivity contribution in [1.82, 2.24) is 15.0 Å². The van der Waals surface area contributed by atoms with Gasteiger partial charge in [-0.1, -0.05) is 31.8 Å². The molecule has 5 heteroatoms. The fourth-order valence-corrected chi connectivity index (χ4v) is 3.26. The molecule has 20 heavy (non-hydrogen) atoms. The van der Waals surface area contributed by atoms with Crippen LogP contribution in [0.4, 0.5) is 0 Å². The van der Waals surface area contributed by atoms with Crippen LogP contribution in [0.1, 0.15) is 57.7 Å². The van der Waals surface area contributed by atoms with Crippen LogP contribution in [0.25, 0.3) is 0 Å². The maximum absolute atomic E-state index is 5.95. The first-order valence-corrected chi connectivity index (χ1v) is 8.04. The summed E-state index contributed by atoms with van der Waals surface area (Å²) in [5.41, 5.74) is 5.95. The highest BCUT2D eigenvalue weighted by atomic mass is 16.5. The van der Waals surface area contributed by atoms with E-state index in [4.69, 9.17) is 10.3 Å². The number of rotatable bonds is 7. The summed E-state index contributed by atoms with van der Waals surface area (Å²) < 4.78 is 5.28. The monoisotopic (exact) mass is 280 g/mol. The summed E-state index contributed by atoms with van der Waals surface area (Å²) in [6.45, 7) is 6.91. The molecule has 2 N–H and O–H groups in total. The Labute approximate surface area is 121 Å². The van der Waals surface area contributed by atoms with Gasteiger partial charge in [0.15, 0.2) is 5.82 Å². The van der Waals surface area contributed by atoms with Crippen LogP contribution < -0.4 is 5.73 Å². The van der Waals surface area contributed by atoms with E-state index in [0.717, 1.165) is 44.2 Å². The topological polar surface area (TPSA) is 68.2 Å². The highest BCUT2D eigenvalue weighted by Gasteiger charge is 2.29. The Bertz CT molecular complexity index is 393. The SMILES string of the molecule is CCCc1nc(CN(CC)C2CCCCC2CN)no1. The van der Waals surface area contributed by atoms with Crippen molar-refractivity contribution in [3.63, 3.8) is 0 Å². The molecule has 1 aromatic rings. The normalized spacial score (nSPS) is 23.4. The lowest BCUT2D eigenvalue weighted by Gasteiger charge is -2.38.